The summed E-state index contributed by atoms with van der Waals surface area (Å²) in [5, 5.41) is 7.01. The monoisotopic (exact) mass is 499 g/mol. The highest BCUT2D eigenvalue weighted by Gasteiger charge is 2.12. The van der Waals surface area contributed by atoms with E-state index in [1.165, 1.54) is 6.21 Å². The van der Waals surface area contributed by atoms with E-state index >= 15 is 0 Å². The molecule has 8 heteroatoms. The number of hydrogen-bond acceptors (Lipinski definition) is 4. The van der Waals surface area contributed by atoms with Crippen LogP contribution in [0.1, 0.15) is 16.7 Å². The number of carbonyl (C=O) groups is 2. The van der Waals surface area contributed by atoms with Crippen molar-refractivity contribution in [1.82, 2.24) is 10.7 Å². The Bertz CT molecular complexity index is 1090. The van der Waals surface area contributed by atoms with Gasteiger partial charge < -0.3 is 10.1 Å². The van der Waals surface area contributed by atoms with Crippen molar-refractivity contribution in [2.75, 3.05) is 0 Å². The molecule has 0 bridgehead atoms. The molecule has 3 aromatic carbocycles. The van der Waals surface area contributed by atoms with Gasteiger partial charge in [0.05, 0.1) is 10.7 Å². The maximum absolute atomic E-state index is 11.8. The molecule has 0 atom stereocenters. The van der Waals surface area contributed by atoms with Crippen LogP contribution in [-0.2, 0) is 22.7 Å². The first-order chi connectivity index (χ1) is 15.0. The Labute approximate surface area is 193 Å². The normalized spacial score (nSPS) is 10.6. The number of carbonyl (C=O) groups excluding carboxylic acids is 2. The smallest absolute Gasteiger partial charge is 0.329 e. The molecule has 2 amide bonds. The Morgan fingerprint density at radius 2 is 1.74 bits per heavy atom. The summed E-state index contributed by atoms with van der Waals surface area (Å²) in [6.07, 6.45) is 1.44. The molecule has 0 unspecified atom stereocenters. The van der Waals surface area contributed by atoms with Gasteiger partial charge >= 0.3 is 11.8 Å². The average molecular weight is 501 g/mol. The maximum Gasteiger partial charge on any atom is 0.329 e. The van der Waals surface area contributed by atoms with Crippen molar-refractivity contribution in [3.63, 3.8) is 0 Å². The molecule has 31 heavy (non-hydrogen) atoms. The van der Waals surface area contributed by atoms with Gasteiger partial charge in [-0.25, -0.2) is 5.43 Å². The molecule has 158 valence electrons. The van der Waals surface area contributed by atoms with Crippen molar-refractivity contribution in [3.05, 3.63) is 99.0 Å². The zero-order valence-electron chi connectivity index (χ0n) is 16.3. The summed E-state index contributed by atoms with van der Waals surface area (Å²) >= 11 is 9.59. The second-order valence-electron chi connectivity index (χ2n) is 6.44. The molecule has 0 fully saturated rings. The number of hydrazone groups is 1. The molecule has 2 N–H and O–H groups in total. The van der Waals surface area contributed by atoms with Crippen molar-refractivity contribution in [3.8, 4) is 5.75 Å². The van der Waals surface area contributed by atoms with E-state index in [4.69, 9.17) is 16.3 Å². The van der Waals surface area contributed by atoms with Crippen LogP contribution < -0.4 is 15.5 Å². The molecule has 0 aromatic heterocycles. The van der Waals surface area contributed by atoms with Crippen LogP contribution in [0.5, 0.6) is 5.75 Å². The van der Waals surface area contributed by atoms with Crippen LogP contribution in [0.2, 0.25) is 5.02 Å². The molecular weight excluding hydrogens is 482 g/mol. The van der Waals surface area contributed by atoms with E-state index in [-0.39, 0.29) is 6.54 Å². The summed E-state index contributed by atoms with van der Waals surface area (Å²) in [6.45, 7) is 0.596. The van der Waals surface area contributed by atoms with E-state index in [2.05, 4.69) is 31.8 Å². The lowest BCUT2D eigenvalue weighted by atomic mass is 10.2. The van der Waals surface area contributed by atoms with Crippen LogP contribution in [-0.4, -0.2) is 18.0 Å². The first kappa shape index (κ1) is 22.5. The van der Waals surface area contributed by atoms with E-state index in [0.717, 1.165) is 15.6 Å². The zero-order chi connectivity index (χ0) is 22.1. The molecule has 0 heterocycles. The van der Waals surface area contributed by atoms with Gasteiger partial charge in [-0.15, -0.1) is 0 Å². The van der Waals surface area contributed by atoms with Gasteiger partial charge in [0, 0.05) is 17.1 Å². The molecule has 0 aliphatic rings. The van der Waals surface area contributed by atoms with Gasteiger partial charge in [-0.1, -0.05) is 60.1 Å². The number of nitrogens with one attached hydrogen (secondary N) is 2. The topological polar surface area (TPSA) is 79.8 Å². The zero-order valence-corrected chi connectivity index (χ0v) is 18.7. The fraction of sp³-hybridized carbons (Fsp3) is 0.0870. The van der Waals surface area contributed by atoms with E-state index in [9.17, 15) is 9.59 Å². The Hall–Kier alpha value is -3.16. The molecule has 3 rings (SSSR count). The van der Waals surface area contributed by atoms with Gasteiger partial charge in [-0.3, -0.25) is 9.59 Å². The van der Waals surface area contributed by atoms with Crippen molar-refractivity contribution in [1.29, 1.82) is 0 Å². The predicted octanol–water partition coefficient (Wildman–Crippen LogP) is 4.45. The predicted molar refractivity (Wildman–Crippen MR) is 124 cm³/mol. The lowest BCUT2D eigenvalue weighted by Gasteiger charge is -2.10. The molecule has 0 saturated heterocycles. The number of rotatable bonds is 7. The van der Waals surface area contributed by atoms with Crippen LogP contribution >= 0.6 is 27.5 Å². The third-order valence-electron chi connectivity index (χ3n) is 4.18. The molecule has 0 saturated carbocycles. The van der Waals surface area contributed by atoms with Crippen LogP contribution in [0.25, 0.3) is 0 Å². The highest BCUT2D eigenvalue weighted by Crippen LogP contribution is 2.27. The lowest BCUT2D eigenvalue weighted by Crippen LogP contribution is -2.37. The van der Waals surface area contributed by atoms with Gasteiger partial charge in [-0.2, -0.15) is 5.10 Å². The largest absolute Gasteiger partial charge is 0.488 e. The second kappa shape index (κ2) is 11.3. The SMILES string of the molecule is O=C(NCc1ccccc1)C(=O)N/N=C\c1ccc(OCc2ccccc2Cl)c(Br)c1. The summed E-state index contributed by atoms with van der Waals surface area (Å²) in [4.78, 5) is 23.7. The average Bonchev–Trinajstić information content (AvgIpc) is 2.78. The Kier molecular flexibility index (Phi) is 8.20. The molecular formula is C23H19BrClN3O3. The molecule has 3 aromatic rings. The van der Waals surface area contributed by atoms with Gasteiger partial charge in [0.15, 0.2) is 0 Å². The van der Waals surface area contributed by atoms with Gasteiger partial charge in [0.2, 0.25) is 0 Å². The van der Waals surface area contributed by atoms with E-state index in [0.29, 0.717) is 22.9 Å². The molecule has 0 spiro atoms. The summed E-state index contributed by atoms with van der Waals surface area (Å²) < 4.78 is 6.52. The van der Waals surface area contributed by atoms with Crippen molar-refractivity contribution >= 4 is 45.6 Å². The van der Waals surface area contributed by atoms with Crippen LogP contribution in [0, 0.1) is 0 Å². The number of nitrogens with zero attached hydrogens (tertiary/aromatic N) is 1. The highest BCUT2D eigenvalue weighted by atomic mass is 79.9. The number of halogens is 2. The minimum absolute atomic E-state index is 0.263. The van der Waals surface area contributed by atoms with Crippen molar-refractivity contribution in [2.24, 2.45) is 5.10 Å². The quantitative estimate of drug-likeness (QED) is 0.286. The van der Waals surface area contributed by atoms with Gasteiger partial charge in [-0.05, 0) is 51.3 Å². The molecule has 6 nitrogen and oxygen atoms in total. The third-order valence-corrected chi connectivity index (χ3v) is 5.17. The van der Waals surface area contributed by atoms with Crippen molar-refractivity contribution in [2.45, 2.75) is 13.2 Å². The summed E-state index contributed by atoms with van der Waals surface area (Å²) in [7, 11) is 0. The molecule has 0 aliphatic heterocycles. The van der Waals surface area contributed by atoms with Crippen LogP contribution in [0.15, 0.2) is 82.4 Å². The minimum atomic E-state index is -0.842. The summed E-state index contributed by atoms with van der Waals surface area (Å²) in [5.41, 5.74) is 4.70. The molecule has 0 radical (unpaired) electrons. The second-order valence-corrected chi connectivity index (χ2v) is 7.70. The first-order valence-electron chi connectivity index (χ1n) is 9.34. The van der Waals surface area contributed by atoms with Gasteiger partial charge in [0.25, 0.3) is 0 Å². The van der Waals surface area contributed by atoms with Crippen LogP contribution in [0.3, 0.4) is 0 Å². The Morgan fingerprint density at radius 3 is 2.48 bits per heavy atom. The number of hydrogen-bond donors (Lipinski definition) is 2. The standard InChI is InChI=1S/C23H19BrClN3O3/c24-19-12-17(10-11-21(19)31-15-18-8-4-5-9-20(18)25)14-27-28-23(30)22(29)26-13-16-6-2-1-3-7-16/h1-12,14H,13,15H2,(H,26,29)(H,28,30)/b27-14-. The van der Waals surface area contributed by atoms with Crippen molar-refractivity contribution < 1.29 is 14.3 Å². The van der Waals surface area contributed by atoms with Gasteiger partial charge in [0.1, 0.15) is 12.4 Å². The van der Waals surface area contributed by atoms with E-state index in [1.807, 2.05) is 54.6 Å². The summed E-state index contributed by atoms with van der Waals surface area (Å²) in [5.74, 6) is -0.960. The lowest BCUT2D eigenvalue weighted by molar-refractivity contribution is -0.139. The molecule has 0 aliphatic carbocycles. The number of ether oxygens (including phenoxy) is 1. The fourth-order valence-corrected chi connectivity index (χ4v) is 3.26. The van der Waals surface area contributed by atoms with E-state index < -0.39 is 11.8 Å². The Morgan fingerprint density at radius 1 is 1.00 bits per heavy atom. The third kappa shape index (κ3) is 6.94. The number of amides is 2. The fourth-order valence-electron chi connectivity index (χ4n) is 2.56. The minimum Gasteiger partial charge on any atom is -0.488 e. The summed E-state index contributed by atoms with van der Waals surface area (Å²) in [6, 6.07) is 22.1. The first-order valence-corrected chi connectivity index (χ1v) is 10.5. The van der Waals surface area contributed by atoms with E-state index in [1.54, 1.807) is 18.2 Å². The number of benzene rings is 3. The maximum atomic E-state index is 11.8. The highest BCUT2D eigenvalue weighted by molar-refractivity contribution is 9.10. The Balaban J connectivity index is 1.49. The van der Waals surface area contributed by atoms with Crippen LogP contribution in [0.4, 0.5) is 0 Å².